The SMILES string of the molecule is CCC(=CC(=O)N1C[C@H](C(N)=O)[C@@H](c2cnn(C)c2C)C1)CC. The maximum atomic E-state index is 12.5. The van der Waals surface area contributed by atoms with Gasteiger partial charge in [-0.3, -0.25) is 14.3 Å². The molecule has 1 aliphatic rings. The number of carbonyl (C=O) groups excluding carboxylic acids is 2. The quantitative estimate of drug-likeness (QED) is 0.835. The number of hydrogen-bond donors (Lipinski definition) is 1. The van der Waals surface area contributed by atoms with Crippen molar-refractivity contribution in [2.24, 2.45) is 18.7 Å². The van der Waals surface area contributed by atoms with Gasteiger partial charge in [0.15, 0.2) is 0 Å². The summed E-state index contributed by atoms with van der Waals surface area (Å²) < 4.78 is 1.78. The molecule has 1 aromatic rings. The van der Waals surface area contributed by atoms with Crippen LogP contribution in [-0.2, 0) is 16.6 Å². The molecular weight excluding hydrogens is 292 g/mol. The number of allylic oxidation sites excluding steroid dienone is 1. The van der Waals surface area contributed by atoms with Crippen LogP contribution in [0.2, 0.25) is 0 Å². The predicted octanol–water partition coefficient (Wildman–Crippen LogP) is 1.50. The molecule has 23 heavy (non-hydrogen) atoms. The van der Waals surface area contributed by atoms with Crippen molar-refractivity contribution in [2.75, 3.05) is 13.1 Å². The Labute approximate surface area is 137 Å². The number of primary amides is 1. The fraction of sp³-hybridized carbons (Fsp3) is 0.588. The molecule has 2 heterocycles. The molecule has 0 radical (unpaired) electrons. The number of rotatable bonds is 5. The molecule has 0 aromatic carbocycles. The maximum Gasteiger partial charge on any atom is 0.246 e. The molecule has 0 saturated carbocycles. The van der Waals surface area contributed by atoms with E-state index in [9.17, 15) is 9.59 Å². The summed E-state index contributed by atoms with van der Waals surface area (Å²) in [6.45, 7) is 6.94. The lowest BCUT2D eigenvalue weighted by molar-refractivity contribution is -0.125. The van der Waals surface area contributed by atoms with Gasteiger partial charge >= 0.3 is 0 Å². The van der Waals surface area contributed by atoms with E-state index in [0.717, 1.165) is 29.7 Å². The van der Waals surface area contributed by atoms with Gasteiger partial charge in [0.05, 0.1) is 12.1 Å². The number of aromatic nitrogens is 2. The van der Waals surface area contributed by atoms with Gasteiger partial charge < -0.3 is 10.6 Å². The van der Waals surface area contributed by atoms with Gasteiger partial charge in [0.2, 0.25) is 11.8 Å². The Balaban J connectivity index is 2.25. The first-order valence-electron chi connectivity index (χ1n) is 8.15. The summed E-state index contributed by atoms with van der Waals surface area (Å²) in [5.74, 6) is -0.824. The zero-order chi connectivity index (χ0) is 17.1. The Hall–Kier alpha value is -2.11. The largest absolute Gasteiger partial charge is 0.369 e. The highest BCUT2D eigenvalue weighted by atomic mass is 16.2. The molecule has 0 spiro atoms. The van der Waals surface area contributed by atoms with Crippen molar-refractivity contribution in [3.05, 3.63) is 29.1 Å². The average molecular weight is 318 g/mol. The second-order valence-corrected chi connectivity index (χ2v) is 6.18. The van der Waals surface area contributed by atoms with E-state index in [0.29, 0.717) is 13.1 Å². The molecule has 0 bridgehead atoms. The van der Waals surface area contributed by atoms with Crippen molar-refractivity contribution >= 4 is 11.8 Å². The summed E-state index contributed by atoms with van der Waals surface area (Å²) in [6, 6.07) is 0. The van der Waals surface area contributed by atoms with Crippen LogP contribution in [0.25, 0.3) is 0 Å². The van der Waals surface area contributed by atoms with E-state index < -0.39 is 0 Å². The molecule has 0 unspecified atom stereocenters. The van der Waals surface area contributed by atoms with Crippen molar-refractivity contribution in [2.45, 2.75) is 39.5 Å². The van der Waals surface area contributed by atoms with Crippen LogP contribution in [0.15, 0.2) is 17.8 Å². The Morgan fingerprint density at radius 1 is 1.35 bits per heavy atom. The molecule has 1 aromatic heterocycles. The minimum absolute atomic E-state index is 0.0287. The number of hydrogen-bond acceptors (Lipinski definition) is 3. The normalized spacial score (nSPS) is 20.6. The summed E-state index contributed by atoms with van der Waals surface area (Å²) in [6.07, 6.45) is 5.21. The van der Waals surface area contributed by atoms with Gasteiger partial charge in [0, 0.05) is 37.8 Å². The lowest BCUT2D eigenvalue weighted by Gasteiger charge is -2.15. The van der Waals surface area contributed by atoms with Gasteiger partial charge in [-0.25, -0.2) is 0 Å². The molecule has 2 atom stereocenters. The van der Waals surface area contributed by atoms with Gasteiger partial charge in [0.1, 0.15) is 0 Å². The smallest absolute Gasteiger partial charge is 0.246 e. The summed E-state index contributed by atoms with van der Waals surface area (Å²) in [7, 11) is 1.87. The van der Waals surface area contributed by atoms with Gasteiger partial charge in [-0.05, 0) is 25.3 Å². The first kappa shape index (κ1) is 17.2. The highest BCUT2D eigenvalue weighted by Crippen LogP contribution is 2.34. The Morgan fingerprint density at radius 3 is 2.48 bits per heavy atom. The molecule has 6 heteroatoms. The molecule has 2 rings (SSSR count). The number of aryl methyl sites for hydroxylation is 1. The van der Waals surface area contributed by atoms with Crippen LogP contribution in [0.1, 0.15) is 43.9 Å². The van der Waals surface area contributed by atoms with Crippen molar-refractivity contribution in [3.63, 3.8) is 0 Å². The van der Waals surface area contributed by atoms with Crippen molar-refractivity contribution in [1.82, 2.24) is 14.7 Å². The van der Waals surface area contributed by atoms with E-state index in [2.05, 4.69) is 5.10 Å². The lowest BCUT2D eigenvalue weighted by atomic mass is 9.89. The van der Waals surface area contributed by atoms with E-state index in [1.54, 1.807) is 21.9 Å². The monoisotopic (exact) mass is 318 g/mol. The summed E-state index contributed by atoms with van der Waals surface area (Å²) in [5.41, 5.74) is 8.71. The summed E-state index contributed by atoms with van der Waals surface area (Å²) in [4.78, 5) is 26.1. The molecule has 1 fully saturated rings. The highest BCUT2D eigenvalue weighted by Gasteiger charge is 2.40. The molecule has 126 valence electrons. The number of likely N-dealkylation sites (tertiary alicyclic amines) is 1. The van der Waals surface area contributed by atoms with Crippen molar-refractivity contribution < 1.29 is 9.59 Å². The average Bonchev–Trinajstić information content (AvgIpc) is 3.09. The highest BCUT2D eigenvalue weighted by molar-refractivity contribution is 5.90. The van der Waals surface area contributed by atoms with Gasteiger partial charge in [-0.1, -0.05) is 19.4 Å². The Morgan fingerprint density at radius 2 is 2.00 bits per heavy atom. The summed E-state index contributed by atoms with van der Waals surface area (Å²) >= 11 is 0. The number of nitrogens with zero attached hydrogens (tertiary/aromatic N) is 3. The van der Waals surface area contributed by atoms with Crippen LogP contribution >= 0.6 is 0 Å². The fourth-order valence-corrected chi connectivity index (χ4v) is 3.19. The van der Waals surface area contributed by atoms with E-state index in [1.165, 1.54) is 0 Å². The molecule has 2 amide bonds. The third-order valence-corrected chi connectivity index (χ3v) is 4.91. The van der Waals surface area contributed by atoms with Gasteiger partial charge in [-0.15, -0.1) is 0 Å². The second-order valence-electron chi connectivity index (χ2n) is 6.18. The first-order chi connectivity index (χ1) is 10.9. The van der Waals surface area contributed by atoms with E-state index in [1.807, 2.05) is 27.8 Å². The number of nitrogens with two attached hydrogens (primary N) is 1. The predicted molar refractivity (Wildman–Crippen MR) is 88.6 cm³/mol. The standard InChI is InChI=1S/C17H26N4O2/c1-5-12(6-2)7-16(22)21-9-14(15(10-21)17(18)23)13-8-19-20(4)11(13)3/h7-8,14-15H,5-6,9-10H2,1-4H3,(H2,18,23)/t14-,15+/m1/s1. The van der Waals surface area contributed by atoms with Gasteiger partial charge in [0.25, 0.3) is 0 Å². The number of carbonyl (C=O) groups is 2. The third-order valence-electron chi connectivity index (χ3n) is 4.91. The Bertz CT molecular complexity index is 627. The van der Waals surface area contributed by atoms with Crippen molar-refractivity contribution in [1.29, 1.82) is 0 Å². The third kappa shape index (κ3) is 3.46. The minimum atomic E-state index is -0.359. The topological polar surface area (TPSA) is 81.2 Å². The van der Waals surface area contributed by atoms with E-state index in [-0.39, 0.29) is 23.7 Å². The minimum Gasteiger partial charge on any atom is -0.369 e. The van der Waals surface area contributed by atoms with Crippen LogP contribution in [0.5, 0.6) is 0 Å². The Kier molecular flexibility index (Phi) is 5.23. The van der Waals surface area contributed by atoms with Crippen LogP contribution < -0.4 is 5.73 Å². The van der Waals surface area contributed by atoms with Crippen molar-refractivity contribution in [3.8, 4) is 0 Å². The van der Waals surface area contributed by atoms with Crippen LogP contribution in [0.4, 0.5) is 0 Å². The van der Waals surface area contributed by atoms with Crippen LogP contribution in [0, 0.1) is 12.8 Å². The molecule has 1 aliphatic heterocycles. The zero-order valence-electron chi connectivity index (χ0n) is 14.4. The molecule has 1 saturated heterocycles. The lowest BCUT2D eigenvalue weighted by Crippen LogP contribution is -2.31. The van der Waals surface area contributed by atoms with E-state index >= 15 is 0 Å². The molecular formula is C17H26N4O2. The molecule has 6 nitrogen and oxygen atoms in total. The van der Waals surface area contributed by atoms with Crippen LogP contribution in [0.3, 0.4) is 0 Å². The van der Waals surface area contributed by atoms with E-state index in [4.69, 9.17) is 5.73 Å². The summed E-state index contributed by atoms with van der Waals surface area (Å²) in [5, 5.41) is 4.25. The zero-order valence-corrected chi connectivity index (χ0v) is 14.4. The second kappa shape index (κ2) is 6.98. The molecule has 2 N–H and O–H groups in total. The first-order valence-corrected chi connectivity index (χ1v) is 8.15. The molecule has 0 aliphatic carbocycles. The maximum absolute atomic E-state index is 12.5. The number of amides is 2. The fourth-order valence-electron chi connectivity index (χ4n) is 3.19. The van der Waals surface area contributed by atoms with Crippen LogP contribution in [-0.4, -0.2) is 39.6 Å². The van der Waals surface area contributed by atoms with Gasteiger partial charge in [-0.2, -0.15) is 5.10 Å².